The highest BCUT2D eigenvalue weighted by atomic mass is 19.4. The molecule has 3 N–H and O–H groups in total. The Hall–Kier alpha value is -1.79. The van der Waals surface area contributed by atoms with Crippen LogP contribution in [0.2, 0.25) is 0 Å². The lowest BCUT2D eigenvalue weighted by atomic mass is 9.82. The molecule has 0 radical (unpaired) electrons. The number of allylic oxidation sites excluding steroid dienone is 2. The number of aliphatic carboxylic acids is 1. The molecule has 0 aromatic heterocycles. The third-order valence-electron chi connectivity index (χ3n) is 3.64. The Labute approximate surface area is 121 Å². The molecule has 4 nitrogen and oxygen atoms in total. The predicted molar refractivity (Wildman–Crippen MR) is 73.2 cm³/mol. The third kappa shape index (κ3) is 4.61. The topological polar surface area (TPSA) is 73.2 Å². The van der Waals surface area contributed by atoms with Gasteiger partial charge in [0.1, 0.15) is 11.3 Å². The number of carboxylic acids is 1. The van der Waals surface area contributed by atoms with Gasteiger partial charge in [0.05, 0.1) is 0 Å². The molecule has 1 aliphatic rings. The number of carbonyl (C=O) groups is 1. The molecule has 1 rings (SSSR count). The number of hydrogen-bond donors (Lipinski definition) is 3. The van der Waals surface area contributed by atoms with Crippen LogP contribution < -0.4 is 5.32 Å². The zero-order valence-corrected chi connectivity index (χ0v) is 11.5. The molecule has 21 heavy (non-hydrogen) atoms. The van der Waals surface area contributed by atoms with Crippen LogP contribution in [-0.2, 0) is 4.79 Å². The minimum atomic E-state index is -4.83. The molecule has 7 heteroatoms. The molecule has 0 aliphatic heterocycles. The number of rotatable bonds is 6. The van der Waals surface area contributed by atoms with E-state index in [1.807, 2.05) is 0 Å². The summed E-state index contributed by atoms with van der Waals surface area (Å²) < 4.78 is 39.2. The van der Waals surface area contributed by atoms with Crippen molar-refractivity contribution in [2.45, 2.75) is 44.3 Å². The van der Waals surface area contributed by atoms with Gasteiger partial charge in [0.15, 0.2) is 0 Å². The summed E-state index contributed by atoms with van der Waals surface area (Å²) in [5.41, 5.74) is -2.41. The van der Waals surface area contributed by atoms with E-state index in [9.17, 15) is 18.0 Å². The summed E-state index contributed by atoms with van der Waals surface area (Å²) in [4.78, 5) is 10.9. The van der Waals surface area contributed by atoms with E-state index in [-0.39, 0.29) is 12.1 Å². The van der Waals surface area contributed by atoms with Gasteiger partial charge in [-0.3, -0.25) is 0 Å². The highest BCUT2D eigenvalue weighted by Crippen LogP contribution is 2.32. The van der Waals surface area contributed by atoms with Gasteiger partial charge in [0.2, 0.25) is 0 Å². The van der Waals surface area contributed by atoms with Crippen molar-refractivity contribution in [2.24, 2.45) is 5.92 Å². The first-order chi connectivity index (χ1) is 9.81. The molecule has 0 bridgehead atoms. The SMILES string of the molecule is C=CC[C@@H]1CCCC[C@@H]1N/C(=C(\C=N)C(=O)O)C(F)(F)F. The van der Waals surface area contributed by atoms with Gasteiger partial charge in [0, 0.05) is 12.3 Å². The predicted octanol–water partition coefficient (Wildman–Crippen LogP) is 3.26. The maximum Gasteiger partial charge on any atom is 0.431 e. The average Bonchev–Trinajstić information content (AvgIpc) is 2.39. The van der Waals surface area contributed by atoms with Crippen molar-refractivity contribution in [1.29, 1.82) is 5.41 Å². The van der Waals surface area contributed by atoms with Gasteiger partial charge in [-0.25, -0.2) is 4.79 Å². The number of alkyl halides is 3. The van der Waals surface area contributed by atoms with Crippen LogP contribution >= 0.6 is 0 Å². The fraction of sp³-hybridized carbons (Fsp3) is 0.571. The summed E-state index contributed by atoms with van der Waals surface area (Å²) in [6, 6.07) is -0.456. The van der Waals surface area contributed by atoms with Crippen molar-refractivity contribution in [2.75, 3.05) is 0 Å². The first-order valence-corrected chi connectivity index (χ1v) is 6.74. The maximum atomic E-state index is 13.1. The second-order valence-electron chi connectivity index (χ2n) is 5.06. The Morgan fingerprint density at radius 2 is 2.00 bits per heavy atom. The molecule has 1 aliphatic carbocycles. The summed E-state index contributed by atoms with van der Waals surface area (Å²) in [5.74, 6) is -1.77. The summed E-state index contributed by atoms with van der Waals surface area (Å²) in [6.07, 6.45) is 0.698. The van der Waals surface area contributed by atoms with Crippen LogP contribution in [0, 0.1) is 11.3 Å². The smallest absolute Gasteiger partial charge is 0.431 e. The van der Waals surface area contributed by atoms with Crippen molar-refractivity contribution in [1.82, 2.24) is 5.32 Å². The highest BCUT2D eigenvalue weighted by molar-refractivity contribution is 6.08. The van der Waals surface area contributed by atoms with Crippen molar-refractivity contribution in [3.63, 3.8) is 0 Å². The Morgan fingerprint density at radius 3 is 2.48 bits per heavy atom. The van der Waals surface area contributed by atoms with E-state index in [0.29, 0.717) is 12.8 Å². The van der Waals surface area contributed by atoms with Crippen LogP contribution in [-0.4, -0.2) is 29.5 Å². The maximum absolute atomic E-state index is 13.1. The molecule has 2 atom stereocenters. The van der Waals surface area contributed by atoms with Crippen LogP contribution in [0.3, 0.4) is 0 Å². The number of carboxylic acid groups (broad SMARTS) is 1. The second kappa shape index (κ2) is 7.28. The van der Waals surface area contributed by atoms with E-state index in [1.165, 1.54) is 0 Å². The highest BCUT2D eigenvalue weighted by Gasteiger charge is 2.40. The molecule has 0 unspecified atom stereocenters. The van der Waals surface area contributed by atoms with Crippen LogP contribution in [0.4, 0.5) is 13.2 Å². The van der Waals surface area contributed by atoms with E-state index in [1.54, 1.807) is 6.08 Å². The lowest BCUT2D eigenvalue weighted by molar-refractivity contribution is -0.133. The summed E-state index contributed by atoms with van der Waals surface area (Å²) in [5, 5.41) is 18.1. The molecule has 118 valence electrons. The monoisotopic (exact) mass is 304 g/mol. The van der Waals surface area contributed by atoms with E-state index < -0.39 is 29.5 Å². The van der Waals surface area contributed by atoms with Gasteiger partial charge in [0.25, 0.3) is 0 Å². The third-order valence-corrected chi connectivity index (χ3v) is 3.64. The van der Waals surface area contributed by atoms with Crippen LogP contribution in [0.5, 0.6) is 0 Å². The van der Waals surface area contributed by atoms with Crippen molar-refractivity contribution in [3.05, 3.63) is 23.9 Å². The van der Waals surface area contributed by atoms with E-state index >= 15 is 0 Å². The van der Waals surface area contributed by atoms with Gasteiger partial charge in [-0.15, -0.1) is 6.58 Å². The first kappa shape index (κ1) is 17.3. The van der Waals surface area contributed by atoms with Gasteiger partial charge in [-0.1, -0.05) is 18.9 Å². The Kier molecular flexibility index (Phi) is 5.99. The molecular formula is C14H19F3N2O2. The Balaban J connectivity index is 3.08. The molecule has 0 heterocycles. The minimum Gasteiger partial charge on any atom is -0.478 e. The quantitative estimate of drug-likeness (QED) is 0.400. The van der Waals surface area contributed by atoms with Gasteiger partial charge < -0.3 is 15.8 Å². The molecule has 1 fully saturated rings. The standard InChI is InChI=1S/C14H19F3N2O2/c1-2-5-9-6-3-4-7-11(9)19-12(14(15,16)17)10(8-18)13(20)21/h2,8-9,11,18-19H,1,3-7H2,(H,20,21)/b12-10+,18-8?/t9-,11+/m1/s1. The molecular weight excluding hydrogens is 285 g/mol. The van der Waals surface area contributed by atoms with Gasteiger partial charge in [-0.05, 0) is 25.2 Å². The van der Waals surface area contributed by atoms with Crippen molar-refractivity contribution in [3.8, 4) is 0 Å². The van der Waals surface area contributed by atoms with E-state index in [4.69, 9.17) is 10.5 Å². The Morgan fingerprint density at radius 1 is 1.38 bits per heavy atom. The second-order valence-corrected chi connectivity index (χ2v) is 5.06. The molecule has 0 saturated heterocycles. The first-order valence-electron chi connectivity index (χ1n) is 6.74. The van der Waals surface area contributed by atoms with Gasteiger partial charge in [-0.2, -0.15) is 13.2 Å². The van der Waals surface area contributed by atoms with Gasteiger partial charge >= 0.3 is 12.1 Å². The normalized spacial score (nSPS) is 24.0. The zero-order chi connectivity index (χ0) is 16.0. The zero-order valence-electron chi connectivity index (χ0n) is 11.5. The average molecular weight is 304 g/mol. The van der Waals surface area contributed by atoms with Crippen LogP contribution in [0.25, 0.3) is 0 Å². The lowest BCUT2D eigenvalue weighted by Gasteiger charge is -2.33. The number of nitrogens with one attached hydrogen (secondary N) is 2. The number of hydrogen-bond acceptors (Lipinski definition) is 3. The fourth-order valence-electron chi connectivity index (χ4n) is 2.63. The minimum absolute atomic E-state index is 0.00521. The van der Waals surface area contributed by atoms with E-state index in [2.05, 4.69) is 11.9 Å². The lowest BCUT2D eigenvalue weighted by Crippen LogP contribution is -2.43. The number of halogens is 3. The largest absolute Gasteiger partial charge is 0.478 e. The molecule has 0 amide bonds. The van der Waals surface area contributed by atoms with Crippen LogP contribution in [0.15, 0.2) is 23.9 Å². The fourth-order valence-corrected chi connectivity index (χ4v) is 2.63. The van der Waals surface area contributed by atoms with Crippen LogP contribution in [0.1, 0.15) is 32.1 Å². The molecule has 0 spiro atoms. The van der Waals surface area contributed by atoms with E-state index in [0.717, 1.165) is 19.3 Å². The summed E-state index contributed by atoms with van der Waals surface area (Å²) in [7, 11) is 0. The Bertz CT molecular complexity index is 444. The van der Waals surface area contributed by atoms with Crippen molar-refractivity contribution < 1.29 is 23.1 Å². The molecule has 0 aromatic carbocycles. The summed E-state index contributed by atoms with van der Waals surface area (Å²) >= 11 is 0. The van der Waals surface area contributed by atoms with Crippen molar-refractivity contribution >= 4 is 12.2 Å². The summed E-state index contributed by atoms with van der Waals surface area (Å²) in [6.45, 7) is 3.60. The molecule has 1 saturated carbocycles. The molecule has 0 aromatic rings.